The molecule has 0 saturated heterocycles. The van der Waals surface area contributed by atoms with Crippen molar-refractivity contribution in [2.45, 2.75) is 134 Å². The van der Waals surface area contributed by atoms with E-state index >= 15 is 0 Å². The van der Waals surface area contributed by atoms with E-state index in [4.69, 9.17) is 4.55 Å². The van der Waals surface area contributed by atoms with Crippen LogP contribution in [0.2, 0.25) is 0 Å². The molecule has 14 atom stereocenters. The zero-order valence-corrected chi connectivity index (χ0v) is 25.8. The molecule has 4 aliphatic carbocycles. The topological polar surface area (TPSA) is 205 Å². The minimum atomic E-state index is -4.71. The Hall–Kier alpha value is -0.410. The summed E-state index contributed by atoms with van der Waals surface area (Å²) in [5, 5.41) is 79.6. The van der Waals surface area contributed by atoms with Crippen LogP contribution in [0.1, 0.15) is 92.4 Å². The van der Waals surface area contributed by atoms with Crippen LogP contribution in [0.4, 0.5) is 0 Å². The van der Waals surface area contributed by atoms with E-state index in [0.29, 0.717) is 44.9 Å². The van der Waals surface area contributed by atoms with E-state index < -0.39 is 86.8 Å². The van der Waals surface area contributed by atoms with Crippen LogP contribution in [0.15, 0.2) is 0 Å². The van der Waals surface area contributed by atoms with E-state index in [1.807, 2.05) is 27.7 Å². The quantitative estimate of drug-likeness (QED) is 0.174. The maximum absolute atomic E-state index is 12.4. The van der Waals surface area contributed by atoms with Gasteiger partial charge in [-0.1, -0.05) is 34.1 Å². The zero-order valence-electron chi connectivity index (χ0n) is 25.0. The molecular weight excluding hydrogens is 556 g/mol. The summed E-state index contributed by atoms with van der Waals surface area (Å²) in [5.41, 5.74) is -6.18. The Bertz CT molecular complexity index is 1070. The zero-order chi connectivity index (χ0) is 31.0. The summed E-state index contributed by atoms with van der Waals surface area (Å²) in [4.78, 5) is 0. The van der Waals surface area contributed by atoms with Gasteiger partial charge < -0.3 is 35.7 Å². The van der Waals surface area contributed by atoms with Crippen LogP contribution in [0.3, 0.4) is 0 Å². The van der Waals surface area contributed by atoms with Gasteiger partial charge in [0.15, 0.2) is 0 Å². The molecule has 0 bridgehead atoms. The fraction of sp³-hybridized carbons (Fsp3) is 1.00. The number of hydrogen-bond acceptors (Lipinski definition) is 10. The van der Waals surface area contributed by atoms with Gasteiger partial charge in [-0.2, -0.15) is 8.42 Å². The van der Waals surface area contributed by atoms with Crippen molar-refractivity contribution in [3.63, 3.8) is 0 Å². The first-order valence-corrected chi connectivity index (χ1v) is 16.6. The second-order valence-corrected chi connectivity index (χ2v) is 15.8. The summed E-state index contributed by atoms with van der Waals surface area (Å²) in [7, 11) is -4.71. The standard InChI is InChI=1S/C29H52O11S/c1-6-17(27(5,34)15-40-41(37,38)39)8-7-16(2)21-22(32)23(33)24-25(21,3)11-10-19-26(4)12-9-18(30)13-29(26,36)20(31)14-28(19,24)35/h16-24,30-36H,6-15H2,1-5H3,(H,37,38,39). The Morgan fingerprint density at radius 1 is 1.00 bits per heavy atom. The van der Waals surface area contributed by atoms with Crippen LogP contribution in [0.25, 0.3) is 0 Å². The van der Waals surface area contributed by atoms with Gasteiger partial charge >= 0.3 is 10.4 Å². The van der Waals surface area contributed by atoms with E-state index in [1.54, 1.807) is 0 Å². The smallest absolute Gasteiger partial charge is 0.393 e. The van der Waals surface area contributed by atoms with Crippen LogP contribution in [-0.4, -0.2) is 96.5 Å². The van der Waals surface area contributed by atoms with Crippen molar-refractivity contribution >= 4 is 10.4 Å². The number of aliphatic hydroxyl groups is 7. The molecule has 0 aliphatic heterocycles. The van der Waals surface area contributed by atoms with Gasteiger partial charge in [-0.15, -0.1) is 0 Å². The molecule has 4 saturated carbocycles. The first-order valence-electron chi connectivity index (χ1n) is 15.2. The predicted octanol–water partition coefficient (Wildman–Crippen LogP) is 1.16. The lowest BCUT2D eigenvalue weighted by molar-refractivity contribution is -0.315. The Morgan fingerprint density at radius 2 is 1.63 bits per heavy atom. The molecule has 8 N–H and O–H groups in total. The fourth-order valence-electron chi connectivity index (χ4n) is 10.4. The summed E-state index contributed by atoms with van der Waals surface area (Å²) in [6, 6.07) is 0. The molecule has 12 heteroatoms. The van der Waals surface area contributed by atoms with Crippen LogP contribution >= 0.6 is 0 Å². The van der Waals surface area contributed by atoms with Crippen molar-refractivity contribution in [2.24, 2.45) is 40.4 Å². The number of rotatable bonds is 9. The highest BCUT2D eigenvalue weighted by Crippen LogP contribution is 2.70. The lowest BCUT2D eigenvalue weighted by Crippen LogP contribution is -2.75. The minimum Gasteiger partial charge on any atom is -0.393 e. The normalized spacial score (nSPS) is 49.3. The van der Waals surface area contributed by atoms with Crippen LogP contribution < -0.4 is 0 Å². The fourth-order valence-corrected chi connectivity index (χ4v) is 10.8. The molecule has 240 valence electrons. The van der Waals surface area contributed by atoms with Gasteiger partial charge in [0.25, 0.3) is 0 Å². The molecule has 4 aliphatic rings. The molecule has 0 amide bonds. The molecule has 0 radical (unpaired) electrons. The van der Waals surface area contributed by atoms with Gasteiger partial charge in [0.1, 0.15) is 0 Å². The molecule has 0 aromatic rings. The first-order chi connectivity index (χ1) is 18.7. The van der Waals surface area contributed by atoms with Crippen molar-refractivity contribution in [1.82, 2.24) is 0 Å². The minimum absolute atomic E-state index is 0.0294. The lowest BCUT2D eigenvalue weighted by atomic mass is 9.40. The average molecular weight is 609 g/mol. The van der Waals surface area contributed by atoms with Crippen molar-refractivity contribution in [1.29, 1.82) is 0 Å². The lowest BCUT2D eigenvalue weighted by Gasteiger charge is -2.68. The average Bonchev–Trinajstić information content (AvgIpc) is 3.05. The molecule has 41 heavy (non-hydrogen) atoms. The van der Waals surface area contributed by atoms with Crippen molar-refractivity contribution in [3.8, 4) is 0 Å². The number of hydrogen-bond donors (Lipinski definition) is 8. The van der Waals surface area contributed by atoms with Crippen LogP contribution in [0.5, 0.6) is 0 Å². The molecular formula is C29H52O11S. The summed E-state index contributed by atoms with van der Waals surface area (Å²) < 4.78 is 35.5. The van der Waals surface area contributed by atoms with Gasteiger partial charge in [0.2, 0.25) is 0 Å². The highest BCUT2D eigenvalue weighted by molar-refractivity contribution is 7.80. The van der Waals surface area contributed by atoms with Crippen LogP contribution in [0, 0.1) is 40.4 Å². The number of fused-ring (bicyclic) bond motifs is 5. The molecule has 14 unspecified atom stereocenters. The third kappa shape index (κ3) is 5.32. The van der Waals surface area contributed by atoms with E-state index in [-0.39, 0.29) is 24.7 Å². The highest BCUT2D eigenvalue weighted by atomic mass is 32.3. The maximum Gasteiger partial charge on any atom is 0.397 e. The third-order valence-electron chi connectivity index (χ3n) is 12.5. The summed E-state index contributed by atoms with van der Waals surface area (Å²) >= 11 is 0. The second kappa shape index (κ2) is 10.9. The van der Waals surface area contributed by atoms with E-state index in [2.05, 4.69) is 4.18 Å². The Labute approximate surface area is 243 Å². The molecule has 0 spiro atoms. The SMILES string of the molecule is CCC(CCC(C)C1C(O)C(O)C2C1(C)CCC1C2(O)CC(O)C2(O)CC(O)CCC12C)C(C)(O)COS(=O)(=O)O. The molecule has 0 aromatic heterocycles. The van der Waals surface area contributed by atoms with Gasteiger partial charge in [0.05, 0.1) is 47.8 Å². The summed E-state index contributed by atoms with van der Waals surface area (Å²) in [6.07, 6.45) is -1.02. The van der Waals surface area contributed by atoms with E-state index in [1.165, 1.54) is 6.92 Å². The van der Waals surface area contributed by atoms with Crippen molar-refractivity contribution < 1.29 is 52.9 Å². The van der Waals surface area contributed by atoms with E-state index in [0.717, 1.165) is 0 Å². The second-order valence-electron chi connectivity index (χ2n) is 14.7. The first kappa shape index (κ1) is 33.5. The molecule has 4 fully saturated rings. The van der Waals surface area contributed by atoms with Gasteiger partial charge in [0, 0.05) is 24.2 Å². The molecule has 11 nitrogen and oxygen atoms in total. The molecule has 0 heterocycles. The van der Waals surface area contributed by atoms with E-state index in [9.17, 15) is 44.2 Å². The van der Waals surface area contributed by atoms with Gasteiger partial charge in [-0.05, 0) is 74.5 Å². The maximum atomic E-state index is 12.4. The van der Waals surface area contributed by atoms with Gasteiger partial charge in [-0.3, -0.25) is 4.55 Å². The summed E-state index contributed by atoms with van der Waals surface area (Å²) in [5.74, 6) is -2.10. The molecule has 4 rings (SSSR count). The Balaban J connectivity index is 1.57. The van der Waals surface area contributed by atoms with Crippen LogP contribution in [-0.2, 0) is 14.6 Å². The van der Waals surface area contributed by atoms with Crippen molar-refractivity contribution in [2.75, 3.05) is 6.61 Å². The molecule has 0 aromatic carbocycles. The predicted molar refractivity (Wildman–Crippen MR) is 149 cm³/mol. The Kier molecular flexibility index (Phi) is 8.89. The number of aliphatic hydroxyl groups excluding tert-OH is 4. The highest BCUT2D eigenvalue weighted by Gasteiger charge is 2.75. The Morgan fingerprint density at radius 3 is 2.22 bits per heavy atom. The van der Waals surface area contributed by atoms with Crippen molar-refractivity contribution in [3.05, 3.63) is 0 Å². The monoisotopic (exact) mass is 608 g/mol. The largest absolute Gasteiger partial charge is 0.397 e. The third-order valence-corrected chi connectivity index (χ3v) is 12.9. The summed E-state index contributed by atoms with van der Waals surface area (Å²) in [6.45, 7) is 8.56. The van der Waals surface area contributed by atoms with Gasteiger partial charge in [-0.25, -0.2) is 4.18 Å².